The van der Waals surface area contributed by atoms with Gasteiger partial charge in [-0.15, -0.1) is 24.0 Å². The van der Waals surface area contributed by atoms with E-state index >= 15 is 0 Å². The number of guanidine groups is 1. The number of methoxy groups -OCH3 is 1. The third-order valence-corrected chi connectivity index (χ3v) is 4.74. The summed E-state index contributed by atoms with van der Waals surface area (Å²) in [7, 11) is 7.78. The Morgan fingerprint density at radius 3 is 2.64 bits per heavy atom. The van der Waals surface area contributed by atoms with Crippen molar-refractivity contribution in [2.45, 2.75) is 26.3 Å². The SMILES string of the molecule is CN=C(NCC(c1cccc(OC)c1)N(C)C)N1CCC(C)(C)C1.I. The summed E-state index contributed by atoms with van der Waals surface area (Å²) in [6, 6.07) is 8.54. The second-order valence-corrected chi connectivity index (χ2v) is 7.52. The van der Waals surface area contributed by atoms with Gasteiger partial charge >= 0.3 is 0 Å². The van der Waals surface area contributed by atoms with Crippen molar-refractivity contribution >= 4 is 29.9 Å². The van der Waals surface area contributed by atoms with E-state index in [0.29, 0.717) is 5.41 Å². The van der Waals surface area contributed by atoms with Crippen LogP contribution in [0.2, 0.25) is 0 Å². The molecule has 1 aliphatic heterocycles. The summed E-state index contributed by atoms with van der Waals surface area (Å²) < 4.78 is 5.36. The van der Waals surface area contributed by atoms with Crippen molar-refractivity contribution in [1.82, 2.24) is 15.1 Å². The van der Waals surface area contributed by atoms with E-state index in [0.717, 1.165) is 31.3 Å². The Morgan fingerprint density at radius 2 is 2.12 bits per heavy atom. The minimum atomic E-state index is 0. The maximum atomic E-state index is 5.36. The summed E-state index contributed by atoms with van der Waals surface area (Å²) in [6.45, 7) is 7.57. The predicted molar refractivity (Wildman–Crippen MR) is 116 cm³/mol. The van der Waals surface area contributed by atoms with Crippen molar-refractivity contribution < 1.29 is 4.74 Å². The molecule has 0 saturated carbocycles. The maximum Gasteiger partial charge on any atom is 0.193 e. The Morgan fingerprint density at radius 1 is 1.40 bits per heavy atom. The first-order valence-corrected chi connectivity index (χ1v) is 8.62. The highest BCUT2D eigenvalue weighted by Crippen LogP contribution is 2.29. The average Bonchev–Trinajstić information content (AvgIpc) is 2.91. The van der Waals surface area contributed by atoms with E-state index in [2.05, 4.69) is 60.2 Å². The van der Waals surface area contributed by atoms with Gasteiger partial charge in [-0.3, -0.25) is 4.99 Å². The molecule has 1 unspecified atom stereocenters. The number of likely N-dealkylation sites (tertiary alicyclic amines) is 1. The molecule has 0 bridgehead atoms. The van der Waals surface area contributed by atoms with E-state index in [1.807, 2.05) is 19.2 Å². The van der Waals surface area contributed by atoms with Gasteiger partial charge in [0.05, 0.1) is 13.2 Å². The lowest BCUT2D eigenvalue weighted by molar-refractivity contribution is 0.293. The van der Waals surface area contributed by atoms with E-state index in [4.69, 9.17) is 4.74 Å². The van der Waals surface area contributed by atoms with E-state index in [1.165, 1.54) is 12.0 Å². The van der Waals surface area contributed by atoms with E-state index in [1.54, 1.807) is 7.11 Å². The number of halogens is 1. The minimum absolute atomic E-state index is 0. The van der Waals surface area contributed by atoms with Gasteiger partial charge in [-0.2, -0.15) is 0 Å². The van der Waals surface area contributed by atoms with Crippen molar-refractivity contribution in [2.24, 2.45) is 10.4 Å². The lowest BCUT2D eigenvalue weighted by Gasteiger charge is -2.29. The monoisotopic (exact) mass is 460 g/mol. The number of ether oxygens (including phenoxy) is 1. The van der Waals surface area contributed by atoms with Gasteiger partial charge in [-0.05, 0) is 43.6 Å². The smallest absolute Gasteiger partial charge is 0.193 e. The van der Waals surface area contributed by atoms with Crippen LogP contribution in [0.1, 0.15) is 31.9 Å². The summed E-state index contributed by atoms with van der Waals surface area (Å²) in [5.74, 6) is 1.89. The molecule has 1 atom stereocenters. The van der Waals surface area contributed by atoms with Gasteiger partial charge in [0.2, 0.25) is 0 Å². The van der Waals surface area contributed by atoms with Gasteiger partial charge in [-0.1, -0.05) is 26.0 Å². The topological polar surface area (TPSA) is 40.1 Å². The van der Waals surface area contributed by atoms with Gasteiger partial charge in [0.1, 0.15) is 5.75 Å². The number of aliphatic imine (C=N–C) groups is 1. The zero-order valence-electron chi connectivity index (χ0n) is 16.4. The number of benzene rings is 1. The number of likely N-dealkylation sites (N-methyl/N-ethyl adjacent to an activating group) is 1. The molecule has 0 aliphatic carbocycles. The lowest BCUT2D eigenvalue weighted by Crippen LogP contribution is -2.44. The van der Waals surface area contributed by atoms with Crippen LogP contribution < -0.4 is 10.1 Å². The lowest BCUT2D eigenvalue weighted by atomic mass is 9.93. The van der Waals surface area contributed by atoms with Crippen LogP contribution in [-0.2, 0) is 0 Å². The first kappa shape index (κ1) is 22.0. The van der Waals surface area contributed by atoms with Crippen molar-refractivity contribution in [3.05, 3.63) is 29.8 Å². The van der Waals surface area contributed by atoms with Crippen LogP contribution in [0, 0.1) is 5.41 Å². The molecular formula is C19H33IN4O. The molecule has 1 N–H and O–H groups in total. The average molecular weight is 460 g/mol. The quantitative estimate of drug-likeness (QED) is 0.416. The third kappa shape index (κ3) is 6.02. The molecular weight excluding hydrogens is 427 g/mol. The zero-order chi connectivity index (χ0) is 17.7. The van der Waals surface area contributed by atoms with Crippen LogP contribution in [0.3, 0.4) is 0 Å². The van der Waals surface area contributed by atoms with Crippen LogP contribution >= 0.6 is 24.0 Å². The van der Waals surface area contributed by atoms with Gasteiger partial charge < -0.3 is 19.9 Å². The molecule has 0 spiro atoms. The Hall–Kier alpha value is -1.02. The molecule has 1 fully saturated rings. The van der Waals surface area contributed by atoms with Crippen LogP contribution in [0.15, 0.2) is 29.3 Å². The molecule has 0 aromatic heterocycles. The third-order valence-electron chi connectivity index (χ3n) is 4.74. The molecule has 2 rings (SSSR count). The van der Waals surface area contributed by atoms with Crippen molar-refractivity contribution in [2.75, 3.05) is 47.9 Å². The van der Waals surface area contributed by atoms with E-state index in [9.17, 15) is 0 Å². The highest BCUT2D eigenvalue weighted by atomic mass is 127. The molecule has 142 valence electrons. The largest absolute Gasteiger partial charge is 0.497 e. The van der Waals surface area contributed by atoms with E-state index < -0.39 is 0 Å². The van der Waals surface area contributed by atoms with Crippen LogP contribution in [0.5, 0.6) is 5.75 Å². The molecule has 5 nitrogen and oxygen atoms in total. The molecule has 0 amide bonds. The molecule has 25 heavy (non-hydrogen) atoms. The Labute approximate surface area is 169 Å². The van der Waals surface area contributed by atoms with Crippen LogP contribution in [0.4, 0.5) is 0 Å². The van der Waals surface area contributed by atoms with Gasteiger partial charge in [0.15, 0.2) is 5.96 Å². The molecule has 1 aromatic carbocycles. The Kier molecular flexibility index (Phi) is 8.47. The highest BCUT2D eigenvalue weighted by molar-refractivity contribution is 14.0. The van der Waals surface area contributed by atoms with Gasteiger partial charge in [-0.25, -0.2) is 0 Å². The maximum absolute atomic E-state index is 5.36. The summed E-state index contributed by atoms with van der Waals surface area (Å²) in [5, 5.41) is 3.56. The van der Waals surface area contributed by atoms with E-state index in [-0.39, 0.29) is 30.0 Å². The summed E-state index contributed by atoms with van der Waals surface area (Å²) >= 11 is 0. The molecule has 1 aliphatic rings. The Balaban J connectivity index is 0.00000312. The highest BCUT2D eigenvalue weighted by Gasteiger charge is 2.31. The minimum Gasteiger partial charge on any atom is -0.497 e. The number of hydrogen-bond donors (Lipinski definition) is 1. The van der Waals surface area contributed by atoms with Crippen LogP contribution in [-0.4, -0.2) is 63.6 Å². The standard InChI is InChI=1S/C19H32N4O.HI/c1-19(2)10-11-23(14-19)18(20-3)21-13-17(22(4)5)15-8-7-9-16(12-15)24-6;/h7-9,12,17H,10-11,13-14H2,1-6H3,(H,20,21);1H. The van der Waals surface area contributed by atoms with Crippen molar-refractivity contribution in [3.8, 4) is 5.75 Å². The first-order chi connectivity index (χ1) is 11.4. The number of rotatable bonds is 5. The summed E-state index contributed by atoms with van der Waals surface area (Å²) in [5.41, 5.74) is 1.61. The fourth-order valence-electron chi connectivity index (χ4n) is 3.26. The molecule has 6 heteroatoms. The number of hydrogen-bond acceptors (Lipinski definition) is 3. The molecule has 1 heterocycles. The Bertz CT molecular complexity index is 574. The zero-order valence-corrected chi connectivity index (χ0v) is 18.7. The van der Waals surface area contributed by atoms with Gasteiger partial charge in [0, 0.05) is 26.7 Å². The fraction of sp³-hybridized carbons (Fsp3) is 0.632. The fourth-order valence-corrected chi connectivity index (χ4v) is 3.26. The van der Waals surface area contributed by atoms with Crippen molar-refractivity contribution in [3.63, 3.8) is 0 Å². The predicted octanol–water partition coefficient (Wildman–Crippen LogP) is 3.22. The normalized spacial score (nSPS) is 18.0. The second kappa shape index (κ2) is 9.62. The summed E-state index contributed by atoms with van der Waals surface area (Å²) in [6.07, 6.45) is 1.21. The second-order valence-electron chi connectivity index (χ2n) is 7.52. The summed E-state index contributed by atoms with van der Waals surface area (Å²) in [4.78, 5) is 9.07. The number of nitrogens with zero attached hydrogens (tertiary/aromatic N) is 3. The van der Waals surface area contributed by atoms with Gasteiger partial charge in [0.25, 0.3) is 0 Å². The van der Waals surface area contributed by atoms with Crippen LogP contribution in [0.25, 0.3) is 0 Å². The molecule has 1 saturated heterocycles. The molecule has 1 aromatic rings. The van der Waals surface area contributed by atoms with Crippen molar-refractivity contribution in [1.29, 1.82) is 0 Å². The first-order valence-electron chi connectivity index (χ1n) is 8.62. The number of nitrogens with one attached hydrogen (secondary N) is 1. The molecule has 0 radical (unpaired) electrons.